The van der Waals surface area contributed by atoms with Gasteiger partial charge in [-0.2, -0.15) is 13.2 Å². The van der Waals surface area contributed by atoms with Crippen molar-refractivity contribution in [3.63, 3.8) is 0 Å². The maximum atomic E-state index is 12.5. The van der Waals surface area contributed by atoms with Crippen LogP contribution in [-0.2, 0) is 0 Å². The molecule has 74 valence electrons. The molecular formula is C9H17F3. The maximum absolute atomic E-state index is 12.5. The third kappa shape index (κ3) is 2.14. The summed E-state index contributed by atoms with van der Waals surface area (Å²) in [7, 11) is 0. The summed E-state index contributed by atoms with van der Waals surface area (Å²) < 4.78 is 37.4. The minimum Gasteiger partial charge on any atom is -0.171 e. The number of alkyl halides is 3. The average molecular weight is 182 g/mol. The minimum absolute atomic E-state index is 0.266. The molecule has 0 rings (SSSR count). The van der Waals surface area contributed by atoms with Crippen molar-refractivity contribution in [1.82, 2.24) is 0 Å². The highest BCUT2D eigenvalue weighted by Crippen LogP contribution is 2.45. The van der Waals surface area contributed by atoms with Crippen LogP contribution in [0.25, 0.3) is 0 Å². The predicted octanol–water partition coefficient (Wildman–Crippen LogP) is 4.01. The fourth-order valence-corrected chi connectivity index (χ4v) is 1.54. The van der Waals surface area contributed by atoms with Crippen LogP contribution in [0.3, 0.4) is 0 Å². The van der Waals surface area contributed by atoms with Crippen molar-refractivity contribution < 1.29 is 13.2 Å². The molecule has 0 unspecified atom stereocenters. The van der Waals surface area contributed by atoms with Crippen LogP contribution in [0, 0.1) is 11.3 Å². The first kappa shape index (κ1) is 11.8. The lowest BCUT2D eigenvalue weighted by atomic mass is 9.75. The van der Waals surface area contributed by atoms with Gasteiger partial charge in [-0.15, -0.1) is 0 Å². The molecule has 3 heteroatoms. The molecule has 0 atom stereocenters. The van der Waals surface area contributed by atoms with E-state index in [1.165, 1.54) is 13.8 Å². The number of hydrogen-bond acceptors (Lipinski definition) is 0. The van der Waals surface area contributed by atoms with E-state index in [2.05, 4.69) is 0 Å². The highest BCUT2D eigenvalue weighted by atomic mass is 19.4. The summed E-state index contributed by atoms with van der Waals surface area (Å²) in [6.07, 6.45) is -2.91. The van der Waals surface area contributed by atoms with Gasteiger partial charge in [0.25, 0.3) is 0 Å². The second-order valence-corrected chi connectivity index (χ2v) is 3.73. The van der Waals surface area contributed by atoms with Crippen molar-refractivity contribution >= 4 is 0 Å². The molecule has 0 bridgehead atoms. The van der Waals surface area contributed by atoms with Crippen molar-refractivity contribution in [2.24, 2.45) is 11.3 Å². The van der Waals surface area contributed by atoms with Gasteiger partial charge in [-0.3, -0.25) is 0 Å². The SMILES string of the molecule is CCC(CC)C(C)(C)C(F)(F)F. The lowest BCUT2D eigenvalue weighted by molar-refractivity contribution is -0.230. The number of halogens is 3. The zero-order chi connectivity index (χ0) is 9.99. The fraction of sp³-hybridized carbons (Fsp3) is 1.00. The van der Waals surface area contributed by atoms with Crippen LogP contribution in [0.4, 0.5) is 13.2 Å². The molecule has 0 heterocycles. The van der Waals surface area contributed by atoms with E-state index in [1.807, 2.05) is 13.8 Å². The molecule has 0 aliphatic rings. The van der Waals surface area contributed by atoms with Crippen LogP contribution in [0.5, 0.6) is 0 Å². The third-order valence-corrected chi connectivity index (χ3v) is 2.74. The van der Waals surface area contributed by atoms with E-state index >= 15 is 0 Å². The van der Waals surface area contributed by atoms with Crippen LogP contribution in [0.1, 0.15) is 40.5 Å². The van der Waals surface area contributed by atoms with E-state index < -0.39 is 11.6 Å². The third-order valence-electron chi connectivity index (χ3n) is 2.74. The number of rotatable bonds is 3. The van der Waals surface area contributed by atoms with Gasteiger partial charge in [-0.1, -0.05) is 40.5 Å². The van der Waals surface area contributed by atoms with Crippen molar-refractivity contribution in [2.45, 2.75) is 46.7 Å². The molecule has 0 amide bonds. The van der Waals surface area contributed by atoms with Gasteiger partial charge < -0.3 is 0 Å². The summed E-state index contributed by atoms with van der Waals surface area (Å²) in [6.45, 7) is 6.18. The van der Waals surface area contributed by atoms with Crippen molar-refractivity contribution in [3.8, 4) is 0 Å². The Morgan fingerprint density at radius 2 is 1.33 bits per heavy atom. The standard InChI is InChI=1S/C9H17F3/c1-5-7(6-2)8(3,4)9(10,11)12/h7H,5-6H2,1-4H3. The normalized spacial score (nSPS) is 14.0. The van der Waals surface area contributed by atoms with E-state index in [0.717, 1.165) is 0 Å². The van der Waals surface area contributed by atoms with Gasteiger partial charge in [-0.05, 0) is 5.92 Å². The Bertz CT molecular complexity index is 131. The summed E-state index contributed by atoms with van der Waals surface area (Å²) in [5.41, 5.74) is -1.55. The van der Waals surface area contributed by atoms with Gasteiger partial charge in [0.2, 0.25) is 0 Å². The first-order valence-electron chi connectivity index (χ1n) is 4.34. The Hall–Kier alpha value is -0.210. The molecule has 0 aromatic heterocycles. The van der Waals surface area contributed by atoms with Crippen LogP contribution >= 0.6 is 0 Å². The second kappa shape index (κ2) is 3.67. The monoisotopic (exact) mass is 182 g/mol. The predicted molar refractivity (Wildman–Crippen MR) is 43.9 cm³/mol. The Labute approximate surface area is 72.2 Å². The molecule has 0 radical (unpaired) electrons. The average Bonchev–Trinajstić information content (AvgIpc) is 1.87. The van der Waals surface area contributed by atoms with Crippen molar-refractivity contribution in [1.29, 1.82) is 0 Å². The molecule has 0 aromatic carbocycles. The lowest BCUT2D eigenvalue weighted by Gasteiger charge is -2.35. The van der Waals surface area contributed by atoms with Gasteiger partial charge in [0.15, 0.2) is 0 Å². The topological polar surface area (TPSA) is 0 Å². The van der Waals surface area contributed by atoms with Gasteiger partial charge in [0.05, 0.1) is 5.41 Å². The molecule has 12 heavy (non-hydrogen) atoms. The zero-order valence-electron chi connectivity index (χ0n) is 8.13. The van der Waals surface area contributed by atoms with E-state index in [0.29, 0.717) is 12.8 Å². The smallest absolute Gasteiger partial charge is 0.171 e. The molecule has 0 aromatic rings. The van der Waals surface area contributed by atoms with Gasteiger partial charge >= 0.3 is 6.18 Å². The van der Waals surface area contributed by atoms with E-state index in [-0.39, 0.29) is 5.92 Å². The molecule has 0 fully saturated rings. The van der Waals surface area contributed by atoms with Crippen LogP contribution in [0.2, 0.25) is 0 Å². The van der Waals surface area contributed by atoms with Gasteiger partial charge in [0, 0.05) is 0 Å². The summed E-state index contributed by atoms with van der Waals surface area (Å²) in [5, 5.41) is 0. The Morgan fingerprint density at radius 1 is 1.00 bits per heavy atom. The van der Waals surface area contributed by atoms with Crippen LogP contribution in [-0.4, -0.2) is 6.18 Å². The first-order valence-corrected chi connectivity index (χ1v) is 4.34. The minimum atomic E-state index is -4.08. The largest absolute Gasteiger partial charge is 0.394 e. The molecule has 0 spiro atoms. The van der Waals surface area contributed by atoms with Crippen LogP contribution < -0.4 is 0 Å². The first-order chi connectivity index (χ1) is 5.27. The molecular weight excluding hydrogens is 165 g/mol. The molecule has 0 saturated heterocycles. The molecule has 0 nitrogen and oxygen atoms in total. The van der Waals surface area contributed by atoms with Gasteiger partial charge in [0.1, 0.15) is 0 Å². The molecule has 0 aliphatic carbocycles. The van der Waals surface area contributed by atoms with E-state index in [1.54, 1.807) is 0 Å². The van der Waals surface area contributed by atoms with E-state index in [9.17, 15) is 13.2 Å². The van der Waals surface area contributed by atoms with E-state index in [4.69, 9.17) is 0 Å². The summed E-state index contributed by atoms with van der Waals surface area (Å²) >= 11 is 0. The highest BCUT2D eigenvalue weighted by molar-refractivity contribution is 4.83. The zero-order valence-corrected chi connectivity index (χ0v) is 8.13. The molecule has 0 saturated carbocycles. The van der Waals surface area contributed by atoms with Crippen molar-refractivity contribution in [2.75, 3.05) is 0 Å². The number of hydrogen-bond donors (Lipinski definition) is 0. The Balaban J connectivity index is 4.57. The Morgan fingerprint density at radius 3 is 1.42 bits per heavy atom. The summed E-state index contributed by atoms with van der Waals surface area (Å²) in [5.74, 6) is -0.266. The lowest BCUT2D eigenvalue weighted by Crippen LogP contribution is -2.38. The quantitative estimate of drug-likeness (QED) is 0.618. The van der Waals surface area contributed by atoms with Gasteiger partial charge in [-0.25, -0.2) is 0 Å². The summed E-state index contributed by atoms with van der Waals surface area (Å²) in [4.78, 5) is 0. The fourth-order valence-electron chi connectivity index (χ4n) is 1.54. The van der Waals surface area contributed by atoms with Crippen LogP contribution in [0.15, 0.2) is 0 Å². The maximum Gasteiger partial charge on any atom is 0.394 e. The second-order valence-electron chi connectivity index (χ2n) is 3.73. The molecule has 0 aliphatic heterocycles. The summed E-state index contributed by atoms with van der Waals surface area (Å²) in [6, 6.07) is 0. The Kier molecular flexibility index (Phi) is 3.60. The highest BCUT2D eigenvalue weighted by Gasteiger charge is 2.50. The van der Waals surface area contributed by atoms with Crippen molar-refractivity contribution in [3.05, 3.63) is 0 Å². The molecule has 0 N–H and O–H groups in total.